The lowest BCUT2D eigenvalue weighted by Gasteiger charge is -2.31. The van der Waals surface area contributed by atoms with Gasteiger partial charge in [-0.3, -0.25) is 0 Å². The first-order chi connectivity index (χ1) is 9.51. The van der Waals surface area contributed by atoms with Gasteiger partial charge in [-0.1, -0.05) is 36.6 Å². The SMILES string of the molecule is CCCCCN(c1ccc(C)cc1/C(N)=N/O)C(C)C. The first-order valence-electron chi connectivity index (χ1n) is 7.36. The van der Waals surface area contributed by atoms with Gasteiger partial charge in [0.05, 0.1) is 0 Å². The molecule has 0 saturated carbocycles. The molecule has 0 heterocycles. The molecule has 112 valence electrons. The van der Waals surface area contributed by atoms with Crippen molar-refractivity contribution in [1.82, 2.24) is 0 Å². The van der Waals surface area contributed by atoms with Crippen molar-refractivity contribution in [1.29, 1.82) is 0 Å². The summed E-state index contributed by atoms with van der Waals surface area (Å²) in [7, 11) is 0. The average molecular weight is 277 g/mol. The fraction of sp³-hybridized carbons (Fsp3) is 0.562. The normalized spacial score (nSPS) is 11.9. The van der Waals surface area contributed by atoms with E-state index in [1.807, 2.05) is 13.0 Å². The molecule has 0 unspecified atom stereocenters. The van der Waals surface area contributed by atoms with Gasteiger partial charge in [0, 0.05) is 23.8 Å². The molecular formula is C16H27N3O. The van der Waals surface area contributed by atoms with Crippen LogP contribution in [0.15, 0.2) is 23.4 Å². The van der Waals surface area contributed by atoms with E-state index in [0.717, 1.165) is 29.8 Å². The summed E-state index contributed by atoms with van der Waals surface area (Å²) in [4.78, 5) is 2.32. The minimum Gasteiger partial charge on any atom is -0.409 e. The molecule has 0 fully saturated rings. The molecule has 0 radical (unpaired) electrons. The first kappa shape index (κ1) is 16.3. The Morgan fingerprint density at radius 2 is 2.05 bits per heavy atom. The number of benzene rings is 1. The summed E-state index contributed by atoms with van der Waals surface area (Å²) in [5.41, 5.74) is 8.78. The smallest absolute Gasteiger partial charge is 0.172 e. The summed E-state index contributed by atoms with van der Waals surface area (Å²) < 4.78 is 0. The number of nitrogens with zero attached hydrogens (tertiary/aromatic N) is 2. The van der Waals surface area contributed by atoms with Crippen molar-refractivity contribution in [2.75, 3.05) is 11.4 Å². The molecule has 4 heteroatoms. The molecule has 4 nitrogen and oxygen atoms in total. The lowest BCUT2D eigenvalue weighted by Crippen LogP contribution is -2.34. The number of amidine groups is 1. The number of oxime groups is 1. The van der Waals surface area contributed by atoms with Crippen molar-refractivity contribution < 1.29 is 5.21 Å². The number of rotatable bonds is 7. The number of aryl methyl sites for hydroxylation is 1. The highest BCUT2D eigenvalue weighted by Gasteiger charge is 2.16. The van der Waals surface area contributed by atoms with E-state index < -0.39 is 0 Å². The van der Waals surface area contributed by atoms with E-state index in [0.29, 0.717) is 6.04 Å². The molecule has 0 amide bonds. The number of nitrogens with two attached hydrogens (primary N) is 1. The summed E-state index contributed by atoms with van der Waals surface area (Å²) >= 11 is 0. The summed E-state index contributed by atoms with van der Waals surface area (Å²) in [5, 5.41) is 12.1. The molecule has 3 N–H and O–H groups in total. The second-order valence-electron chi connectivity index (χ2n) is 5.50. The van der Waals surface area contributed by atoms with Gasteiger partial charge in [-0.05, 0) is 39.3 Å². The van der Waals surface area contributed by atoms with E-state index in [4.69, 9.17) is 10.9 Å². The van der Waals surface area contributed by atoms with Crippen LogP contribution in [0.2, 0.25) is 0 Å². The highest BCUT2D eigenvalue weighted by molar-refractivity contribution is 6.02. The van der Waals surface area contributed by atoms with Crippen molar-refractivity contribution >= 4 is 11.5 Å². The van der Waals surface area contributed by atoms with Gasteiger partial charge in [-0.25, -0.2) is 0 Å². The standard InChI is InChI=1S/C16H27N3O/c1-5-6-7-10-19(12(2)3)15-9-8-13(4)11-14(15)16(17)18-20/h8-9,11-12,20H,5-7,10H2,1-4H3,(H2,17,18). The Morgan fingerprint density at radius 1 is 1.35 bits per heavy atom. The van der Waals surface area contributed by atoms with Crippen LogP contribution in [-0.4, -0.2) is 23.6 Å². The van der Waals surface area contributed by atoms with Crippen LogP contribution in [0.1, 0.15) is 51.2 Å². The maximum absolute atomic E-state index is 8.98. The lowest BCUT2D eigenvalue weighted by molar-refractivity contribution is 0.318. The van der Waals surface area contributed by atoms with Crippen LogP contribution in [-0.2, 0) is 0 Å². The van der Waals surface area contributed by atoms with Gasteiger partial charge >= 0.3 is 0 Å². The maximum Gasteiger partial charge on any atom is 0.172 e. The molecular weight excluding hydrogens is 250 g/mol. The van der Waals surface area contributed by atoms with E-state index in [1.165, 1.54) is 12.8 Å². The third-order valence-corrected chi connectivity index (χ3v) is 3.47. The van der Waals surface area contributed by atoms with E-state index in [9.17, 15) is 0 Å². The largest absolute Gasteiger partial charge is 0.409 e. The van der Waals surface area contributed by atoms with E-state index in [1.54, 1.807) is 0 Å². The minimum absolute atomic E-state index is 0.171. The van der Waals surface area contributed by atoms with Crippen LogP contribution >= 0.6 is 0 Å². The Morgan fingerprint density at radius 3 is 2.60 bits per heavy atom. The van der Waals surface area contributed by atoms with Gasteiger partial charge in [-0.2, -0.15) is 0 Å². The molecule has 0 saturated heterocycles. The molecule has 20 heavy (non-hydrogen) atoms. The van der Waals surface area contributed by atoms with Crippen LogP contribution in [0.3, 0.4) is 0 Å². The average Bonchev–Trinajstić information content (AvgIpc) is 2.43. The monoisotopic (exact) mass is 277 g/mol. The summed E-state index contributed by atoms with van der Waals surface area (Å²) in [6.07, 6.45) is 3.57. The Bertz CT molecular complexity index is 455. The van der Waals surface area contributed by atoms with Gasteiger partial charge in [0.1, 0.15) is 0 Å². The Labute approximate surface area is 122 Å². The summed E-state index contributed by atoms with van der Waals surface area (Å²) in [6.45, 7) is 9.53. The second kappa shape index (κ2) is 7.78. The quantitative estimate of drug-likeness (QED) is 0.264. The maximum atomic E-state index is 8.98. The molecule has 0 aliphatic rings. The van der Waals surface area contributed by atoms with Crippen LogP contribution in [0.5, 0.6) is 0 Å². The van der Waals surface area contributed by atoms with Crippen molar-refractivity contribution in [3.8, 4) is 0 Å². The third kappa shape index (κ3) is 4.15. The molecule has 0 bridgehead atoms. The van der Waals surface area contributed by atoms with Crippen molar-refractivity contribution in [2.45, 2.75) is 53.0 Å². The molecule has 1 aromatic carbocycles. The molecule has 0 atom stereocenters. The second-order valence-corrected chi connectivity index (χ2v) is 5.50. The Hall–Kier alpha value is -1.71. The highest BCUT2D eigenvalue weighted by atomic mass is 16.4. The van der Waals surface area contributed by atoms with Crippen molar-refractivity contribution in [3.05, 3.63) is 29.3 Å². The predicted molar refractivity (Wildman–Crippen MR) is 85.7 cm³/mol. The summed E-state index contributed by atoms with van der Waals surface area (Å²) in [6, 6.07) is 6.48. The van der Waals surface area contributed by atoms with Crippen LogP contribution in [0, 0.1) is 6.92 Å². The first-order valence-corrected chi connectivity index (χ1v) is 7.36. The zero-order chi connectivity index (χ0) is 15.1. The fourth-order valence-corrected chi connectivity index (χ4v) is 2.35. The Kier molecular flexibility index (Phi) is 6.36. The number of hydrogen-bond acceptors (Lipinski definition) is 3. The van der Waals surface area contributed by atoms with Gasteiger partial charge in [0.2, 0.25) is 0 Å². The van der Waals surface area contributed by atoms with Crippen LogP contribution in [0.4, 0.5) is 5.69 Å². The summed E-state index contributed by atoms with van der Waals surface area (Å²) in [5.74, 6) is 0.171. The van der Waals surface area contributed by atoms with E-state index >= 15 is 0 Å². The van der Waals surface area contributed by atoms with Crippen molar-refractivity contribution in [3.63, 3.8) is 0 Å². The number of hydrogen-bond donors (Lipinski definition) is 2. The topological polar surface area (TPSA) is 61.8 Å². The zero-order valence-electron chi connectivity index (χ0n) is 13.1. The van der Waals surface area contributed by atoms with Crippen LogP contribution in [0.25, 0.3) is 0 Å². The van der Waals surface area contributed by atoms with E-state index in [2.05, 4.69) is 43.0 Å². The van der Waals surface area contributed by atoms with Crippen LogP contribution < -0.4 is 10.6 Å². The number of anilines is 1. The zero-order valence-corrected chi connectivity index (χ0v) is 13.1. The third-order valence-electron chi connectivity index (χ3n) is 3.47. The molecule has 0 aliphatic carbocycles. The fourth-order valence-electron chi connectivity index (χ4n) is 2.35. The van der Waals surface area contributed by atoms with Gasteiger partial charge < -0.3 is 15.8 Å². The lowest BCUT2D eigenvalue weighted by atomic mass is 10.1. The van der Waals surface area contributed by atoms with Gasteiger partial charge in [0.25, 0.3) is 0 Å². The molecule has 0 aromatic heterocycles. The van der Waals surface area contributed by atoms with Crippen molar-refractivity contribution in [2.24, 2.45) is 10.9 Å². The highest BCUT2D eigenvalue weighted by Crippen LogP contribution is 2.24. The number of unbranched alkanes of at least 4 members (excludes halogenated alkanes) is 2. The minimum atomic E-state index is 0.171. The molecule has 1 rings (SSSR count). The van der Waals surface area contributed by atoms with Gasteiger partial charge in [-0.15, -0.1) is 0 Å². The molecule has 0 spiro atoms. The van der Waals surface area contributed by atoms with Gasteiger partial charge in [0.15, 0.2) is 5.84 Å². The van der Waals surface area contributed by atoms with E-state index in [-0.39, 0.29) is 5.84 Å². The molecule has 0 aliphatic heterocycles. The predicted octanol–water partition coefficient (Wildman–Crippen LogP) is 3.49. The molecule has 1 aromatic rings. The Balaban J connectivity index is 3.12.